The van der Waals surface area contributed by atoms with E-state index < -0.39 is 0 Å². The minimum atomic E-state index is -0.336. The van der Waals surface area contributed by atoms with Crippen LogP contribution >= 0.6 is 0 Å². The van der Waals surface area contributed by atoms with Crippen molar-refractivity contribution in [2.75, 3.05) is 18.0 Å². The highest BCUT2D eigenvalue weighted by Gasteiger charge is 2.30. The molecule has 3 rings (SSSR count). The van der Waals surface area contributed by atoms with Gasteiger partial charge in [-0.2, -0.15) is 0 Å². The van der Waals surface area contributed by atoms with Crippen molar-refractivity contribution >= 4 is 11.5 Å². The lowest BCUT2D eigenvalue weighted by molar-refractivity contribution is -0.384. The lowest BCUT2D eigenvalue weighted by Gasteiger charge is -2.18. The van der Waals surface area contributed by atoms with E-state index in [4.69, 9.17) is 0 Å². The van der Waals surface area contributed by atoms with Crippen LogP contribution < -0.4 is 4.90 Å². The van der Waals surface area contributed by atoms with Gasteiger partial charge in [-0.1, -0.05) is 0 Å². The molecule has 2 aromatic rings. The van der Waals surface area contributed by atoms with E-state index in [1.807, 2.05) is 17.0 Å². The Balaban J connectivity index is 1.87. The maximum atomic E-state index is 11.3. The topological polar surface area (TPSA) is 72.2 Å². The molecule has 2 aromatic heterocycles. The van der Waals surface area contributed by atoms with Gasteiger partial charge >= 0.3 is 5.69 Å². The van der Waals surface area contributed by atoms with E-state index in [-0.39, 0.29) is 10.6 Å². The van der Waals surface area contributed by atoms with Gasteiger partial charge in [-0.3, -0.25) is 15.1 Å². The monoisotopic (exact) mass is 284 g/mol. The molecule has 0 aromatic carbocycles. The maximum Gasteiger partial charge on any atom is 0.314 e. The molecule has 0 saturated carbocycles. The molecule has 1 aliphatic heterocycles. The summed E-state index contributed by atoms with van der Waals surface area (Å²) >= 11 is 0. The number of pyridine rings is 2. The zero-order valence-corrected chi connectivity index (χ0v) is 11.8. The van der Waals surface area contributed by atoms with E-state index >= 15 is 0 Å². The van der Waals surface area contributed by atoms with Crippen molar-refractivity contribution in [2.24, 2.45) is 0 Å². The summed E-state index contributed by atoms with van der Waals surface area (Å²) in [4.78, 5) is 21.2. The molecule has 3 heterocycles. The van der Waals surface area contributed by atoms with Crippen molar-refractivity contribution in [3.63, 3.8) is 0 Å². The predicted molar refractivity (Wildman–Crippen MR) is 79.4 cm³/mol. The van der Waals surface area contributed by atoms with Gasteiger partial charge < -0.3 is 4.90 Å². The summed E-state index contributed by atoms with van der Waals surface area (Å²) in [6.07, 6.45) is 6.17. The zero-order valence-electron chi connectivity index (χ0n) is 11.8. The number of nitro groups is 1. The smallest absolute Gasteiger partial charge is 0.314 e. The average Bonchev–Trinajstić information content (AvgIpc) is 2.97. The molecule has 0 spiro atoms. The Labute approximate surface area is 122 Å². The van der Waals surface area contributed by atoms with Gasteiger partial charge in [-0.05, 0) is 37.1 Å². The summed E-state index contributed by atoms with van der Waals surface area (Å²) in [5, 5.41) is 11.3. The Morgan fingerprint density at radius 2 is 2.05 bits per heavy atom. The first-order chi connectivity index (χ1) is 10.2. The Morgan fingerprint density at radius 1 is 1.29 bits per heavy atom. The van der Waals surface area contributed by atoms with Crippen molar-refractivity contribution in [3.8, 4) is 0 Å². The van der Waals surface area contributed by atoms with Crippen LogP contribution in [-0.4, -0.2) is 28.0 Å². The molecule has 1 unspecified atom stereocenters. The van der Waals surface area contributed by atoms with Gasteiger partial charge in [0, 0.05) is 43.2 Å². The van der Waals surface area contributed by atoms with Crippen molar-refractivity contribution in [1.82, 2.24) is 9.97 Å². The van der Waals surface area contributed by atoms with Crippen molar-refractivity contribution < 1.29 is 4.92 Å². The second-order valence-electron chi connectivity index (χ2n) is 5.27. The summed E-state index contributed by atoms with van der Waals surface area (Å²) < 4.78 is 0. The Kier molecular flexibility index (Phi) is 3.51. The summed E-state index contributed by atoms with van der Waals surface area (Å²) in [5.41, 5.74) is 1.99. The molecule has 1 aliphatic rings. The van der Waals surface area contributed by atoms with Crippen molar-refractivity contribution in [2.45, 2.75) is 19.3 Å². The van der Waals surface area contributed by atoms with Crippen LogP contribution in [0.1, 0.15) is 23.5 Å². The Morgan fingerprint density at radius 3 is 2.76 bits per heavy atom. The van der Waals surface area contributed by atoms with Crippen LogP contribution in [0.4, 0.5) is 11.5 Å². The van der Waals surface area contributed by atoms with E-state index in [0.717, 1.165) is 19.5 Å². The SMILES string of the molecule is Cc1ccnc(N2CCC(c3ccncc3)C2)c1[N+](=O)[O-]. The van der Waals surface area contributed by atoms with Gasteiger partial charge in [0.2, 0.25) is 5.82 Å². The van der Waals surface area contributed by atoms with Crippen LogP contribution in [0.5, 0.6) is 0 Å². The number of rotatable bonds is 3. The largest absolute Gasteiger partial charge is 0.350 e. The number of aromatic nitrogens is 2. The molecular weight excluding hydrogens is 268 g/mol. The van der Waals surface area contributed by atoms with Crippen LogP contribution in [0, 0.1) is 17.0 Å². The fourth-order valence-corrected chi connectivity index (χ4v) is 2.85. The maximum absolute atomic E-state index is 11.3. The Hall–Kier alpha value is -2.50. The fourth-order valence-electron chi connectivity index (χ4n) is 2.85. The van der Waals surface area contributed by atoms with Crippen LogP contribution in [0.2, 0.25) is 0 Å². The second kappa shape index (κ2) is 5.47. The first-order valence-corrected chi connectivity index (χ1v) is 6.91. The molecule has 0 radical (unpaired) electrons. The summed E-state index contributed by atoms with van der Waals surface area (Å²) in [6, 6.07) is 5.69. The third kappa shape index (κ3) is 2.56. The highest BCUT2D eigenvalue weighted by Crippen LogP contribution is 2.35. The van der Waals surface area contributed by atoms with Crippen LogP contribution in [0.15, 0.2) is 36.8 Å². The molecule has 108 valence electrons. The zero-order chi connectivity index (χ0) is 14.8. The predicted octanol–water partition coefficient (Wildman–Crippen LogP) is 2.69. The van der Waals surface area contributed by atoms with Gasteiger partial charge in [0.1, 0.15) is 0 Å². The number of nitrogens with zero attached hydrogens (tertiary/aromatic N) is 4. The number of hydrogen-bond acceptors (Lipinski definition) is 5. The quantitative estimate of drug-likeness (QED) is 0.640. The van der Waals surface area contributed by atoms with E-state index in [1.165, 1.54) is 5.56 Å². The lowest BCUT2D eigenvalue weighted by atomic mass is 10.00. The third-order valence-electron chi connectivity index (χ3n) is 3.95. The minimum absolute atomic E-state index is 0.118. The van der Waals surface area contributed by atoms with Gasteiger partial charge in [0.15, 0.2) is 0 Å². The van der Waals surface area contributed by atoms with E-state index in [2.05, 4.69) is 9.97 Å². The van der Waals surface area contributed by atoms with Crippen LogP contribution in [0.25, 0.3) is 0 Å². The molecule has 1 fully saturated rings. The molecule has 1 atom stereocenters. The first kappa shape index (κ1) is 13.5. The minimum Gasteiger partial charge on any atom is -0.350 e. The summed E-state index contributed by atoms with van der Waals surface area (Å²) in [5.74, 6) is 0.853. The second-order valence-corrected chi connectivity index (χ2v) is 5.27. The standard InChI is InChI=1S/C15H16N4O2/c1-11-2-8-17-15(14(11)19(20)21)18-9-5-13(10-18)12-3-6-16-7-4-12/h2-4,6-8,13H,5,9-10H2,1H3. The van der Waals surface area contributed by atoms with Crippen molar-refractivity contribution in [3.05, 3.63) is 58.0 Å². The molecule has 6 nitrogen and oxygen atoms in total. The highest BCUT2D eigenvalue weighted by atomic mass is 16.6. The highest BCUT2D eigenvalue weighted by molar-refractivity contribution is 5.62. The number of aryl methyl sites for hydroxylation is 1. The Bertz CT molecular complexity index is 660. The molecule has 1 saturated heterocycles. The molecule has 0 amide bonds. The molecule has 0 aliphatic carbocycles. The third-order valence-corrected chi connectivity index (χ3v) is 3.95. The lowest BCUT2D eigenvalue weighted by Crippen LogP contribution is -2.22. The first-order valence-electron chi connectivity index (χ1n) is 6.91. The fraction of sp³-hybridized carbons (Fsp3) is 0.333. The molecule has 6 heteroatoms. The van der Waals surface area contributed by atoms with Crippen molar-refractivity contribution in [1.29, 1.82) is 0 Å². The summed E-state index contributed by atoms with van der Waals surface area (Å²) in [7, 11) is 0. The molecule has 0 N–H and O–H groups in total. The average molecular weight is 284 g/mol. The summed E-state index contributed by atoms with van der Waals surface area (Å²) in [6.45, 7) is 3.28. The van der Waals surface area contributed by atoms with E-state index in [9.17, 15) is 10.1 Å². The van der Waals surface area contributed by atoms with Crippen LogP contribution in [-0.2, 0) is 0 Å². The van der Waals surface area contributed by atoms with Gasteiger partial charge in [-0.25, -0.2) is 4.98 Å². The molecule has 0 bridgehead atoms. The van der Waals surface area contributed by atoms with Gasteiger partial charge in [-0.15, -0.1) is 0 Å². The molecular formula is C15H16N4O2. The van der Waals surface area contributed by atoms with E-state index in [0.29, 0.717) is 17.3 Å². The van der Waals surface area contributed by atoms with Gasteiger partial charge in [0.25, 0.3) is 0 Å². The normalized spacial score (nSPS) is 18.0. The number of hydrogen-bond donors (Lipinski definition) is 0. The van der Waals surface area contributed by atoms with E-state index in [1.54, 1.807) is 31.6 Å². The van der Waals surface area contributed by atoms with Gasteiger partial charge in [0.05, 0.1) is 4.92 Å². The van der Waals surface area contributed by atoms with Crippen LogP contribution in [0.3, 0.4) is 0 Å². The number of anilines is 1. The molecule has 21 heavy (non-hydrogen) atoms.